The first kappa shape index (κ1) is 17.7. The van der Waals surface area contributed by atoms with E-state index in [9.17, 15) is 4.79 Å². The van der Waals surface area contributed by atoms with Gasteiger partial charge in [-0.15, -0.1) is 0 Å². The molecule has 1 amide bonds. The third-order valence-electron chi connectivity index (χ3n) is 4.09. The fraction of sp³-hybridized carbons (Fsp3) is 0.278. The average Bonchev–Trinajstić information content (AvgIpc) is 3.19. The lowest BCUT2D eigenvalue weighted by molar-refractivity contribution is 0.102. The second-order valence-electron chi connectivity index (χ2n) is 5.95. The summed E-state index contributed by atoms with van der Waals surface area (Å²) in [5, 5.41) is 14.3. The number of aromatic amines is 1. The molecule has 136 valence electrons. The Morgan fingerprint density at radius 2 is 2.04 bits per heavy atom. The molecule has 0 atom stereocenters. The molecule has 0 spiro atoms. The largest absolute Gasteiger partial charge is 0.492 e. The SMILES string of the molecule is Cc1nn(C)c(C)c1-c1cc(C(=O)Nc2ccc(OCCN)cc2)[nH]n1. The maximum atomic E-state index is 12.4. The van der Waals surface area contributed by atoms with Gasteiger partial charge in [-0.1, -0.05) is 0 Å². The maximum absolute atomic E-state index is 12.4. The van der Waals surface area contributed by atoms with Crippen molar-refractivity contribution in [3.63, 3.8) is 0 Å². The summed E-state index contributed by atoms with van der Waals surface area (Å²) in [6.07, 6.45) is 0. The van der Waals surface area contributed by atoms with Gasteiger partial charge in [0.25, 0.3) is 5.91 Å². The van der Waals surface area contributed by atoms with Gasteiger partial charge in [0.1, 0.15) is 18.1 Å². The Labute approximate surface area is 151 Å². The number of H-pyrrole nitrogens is 1. The molecule has 0 saturated heterocycles. The van der Waals surface area contributed by atoms with Gasteiger partial charge < -0.3 is 15.8 Å². The monoisotopic (exact) mass is 354 g/mol. The number of carbonyl (C=O) groups is 1. The Morgan fingerprint density at radius 3 is 2.65 bits per heavy atom. The molecule has 0 aliphatic rings. The summed E-state index contributed by atoms with van der Waals surface area (Å²) in [5.41, 5.74) is 9.95. The number of hydrogen-bond acceptors (Lipinski definition) is 5. The Hall–Kier alpha value is -3.13. The molecule has 2 aromatic heterocycles. The van der Waals surface area contributed by atoms with Crippen molar-refractivity contribution < 1.29 is 9.53 Å². The summed E-state index contributed by atoms with van der Waals surface area (Å²) in [5.74, 6) is 0.443. The minimum atomic E-state index is -0.265. The van der Waals surface area contributed by atoms with Gasteiger partial charge in [0, 0.05) is 30.5 Å². The van der Waals surface area contributed by atoms with Crippen molar-refractivity contribution in [1.29, 1.82) is 0 Å². The molecule has 3 rings (SSSR count). The lowest BCUT2D eigenvalue weighted by Gasteiger charge is -2.06. The molecule has 1 aromatic carbocycles. The number of benzene rings is 1. The van der Waals surface area contributed by atoms with Crippen LogP contribution in [0.2, 0.25) is 0 Å². The highest BCUT2D eigenvalue weighted by molar-refractivity contribution is 6.03. The van der Waals surface area contributed by atoms with Crippen molar-refractivity contribution in [2.24, 2.45) is 12.8 Å². The highest BCUT2D eigenvalue weighted by Crippen LogP contribution is 2.25. The first-order valence-corrected chi connectivity index (χ1v) is 8.30. The highest BCUT2D eigenvalue weighted by atomic mass is 16.5. The van der Waals surface area contributed by atoms with Gasteiger partial charge in [-0.05, 0) is 44.2 Å². The summed E-state index contributed by atoms with van der Waals surface area (Å²) in [4.78, 5) is 12.4. The van der Waals surface area contributed by atoms with Gasteiger partial charge in [0.05, 0.1) is 11.4 Å². The van der Waals surface area contributed by atoms with Crippen LogP contribution in [0.25, 0.3) is 11.3 Å². The minimum absolute atomic E-state index is 0.265. The molecule has 8 nitrogen and oxygen atoms in total. The Balaban J connectivity index is 1.72. The molecule has 0 bridgehead atoms. The first-order valence-electron chi connectivity index (χ1n) is 8.30. The van der Waals surface area contributed by atoms with E-state index in [1.807, 2.05) is 20.9 Å². The topological polar surface area (TPSA) is 111 Å². The van der Waals surface area contributed by atoms with Gasteiger partial charge in [-0.25, -0.2) is 0 Å². The molecule has 8 heteroatoms. The number of ether oxygens (including phenoxy) is 1. The van der Waals surface area contributed by atoms with Gasteiger partial charge >= 0.3 is 0 Å². The second kappa shape index (κ2) is 7.40. The molecule has 0 fully saturated rings. The third-order valence-corrected chi connectivity index (χ3v) is 4.09. The number of nitrogens with two attached hydrogens (primary N) is 1. The van der Waals surface area contributed by atoms with Gasteiger partial charge in [-0.3, -0.25) is 14.6 Å². The van der Waals surface area contributed by atoms with Crippen LogP contribution < -0.4 is 15.8 Å². The Bertz CT molecular complexity index is 910. The third kappa shape index (κ3) is 3.60. The zero-order valence-corrected chi connectivity index (χ0v) is 15.0. The molecule has 0 radical (unpaired) electrons. The smallest absolute Gasteiger partial charge is 0.273 e. The summed E-state index contributed by atoms with van der Waals surface area (Å²) in [6, 6.07) is 8.84. The lowest BCUT2D eigenvalue weighted by Crippen LogP contribution is -2.12. The molecule has 26 heavy (non-hydrogen) atoms. The molecule has 3 aromatic rings. The number of nitrogens with one attached hydrogen (secondary N) is 2. The number of aromatic nitrogens is 4. The van der Waals surface area contributed by atoms with Crippen molar-refractivity contribution in [3.8, 4) is 17.0 Å². The number of hydrogen-bond donors (Lipinski definition) is 3. The molecule has 0 aliphatic heterocycles. The van der Waals surface area contributed by atoms with E-state index in [-0.39, 0.29) is 5.91 Å². The molecule has 0 aliphatic carbocycles. The number of aryl methyl sites for hydroxylation is 2. The fourth-order valence-electron chi connectivity index (χ4n) is 2.72. The van der Waals surface area contributed by atoms with Crippen LogP contribution in [0.3, 0.4) is 0 Å². The van der Waals surface area contributed by atoms with Crippen molar-refractivity contribution in [1.82, 2.24) is 20.0 Å². The van der Waals surface area contributed by atoms with Crippen LogP contribution in [-0.2, 0) is 7.05 Å². The standard InChI is InChI=1S/C18H22N6O2/c1-11-17(12(2)24(3)23-11)15-10-16(22-21-15)18(25)20-13-4-6-14(7-5-13)26-9-8-19/h4-7,10H,8-9,19H2,1-3H3,(H,20,25)(H,21,22). The minimum Gasteiger partial charge on any atom is -0.492 e. The van der Waals surface area contributed by atoms with Crippen molar-refractivity contribution >= 4 is 11.6 Å². The van der Waals surface area contributed by atoms with Gasteiger partial charge in [-0.2, -0.15) is 10.2 Å². The van der Waals surface area contributed by atoms with Crippen LogP contribution >= 0.6 is 0 Å². The summed E-state index contributed by atoms with van der Waals surface area (Å²) in [6.45, 7) is 4.80. The van der Waals surface area contributed by atoms with E-state index in [1.165, 1.54) is 0 Å². The van der Waals surface area contributed by atoms with Crippen LogP contribution in [0.5, 0.6) is 5.75 Å². The zero-order chi connectivity index (χ0) is 18.7. The van der Waals surface area contributed by atoms with Crippen LogP contribution in [0.15, 0.2) is 30.3 Å². The quantitative estimate of drug-likeness (QED) is 0.627. The molecular formula is C18H22N6O2. The second-order valence-corrected chi connectivity index (χ2v) is 5.95. The van der Waals surface area contributed by atoms with E-state index in [0.717, 1.165) is 17.0 Å². The van der Waals surface area contributed by atoms with E-state index in [4.69, 9.17) is 10.5 Å². The molecule has 2 heterocycles. The fourth-order valence-corrected chi connectivity index (χ4v) is 2.72. The van der Waals surface area contributed by atoms with Crippen LogP contribution in [0.1, 0.15) is 21.9 Å². The first-order chi connectivity index (χ1) is 12.5. The van der Waals surface area contributed by atoms with Crippen molar-refractivity contribution in [3.05, 3.63) is 47.4 Å². The Morgan fingerprint density at radius 1 is 1.31 bits per heavy atom. The highest BCUT2D eigenvalue weighted by Gasteiger charge is 2.17. The molecule has 4 N–H and O–H groups in total. The predicted octanol–water partition coefficient (Wildman–Crippen LogP) is 2.02. The normalized spacial score (nSPS) is 10.8. The van der Waals surface area contributed by atoms with Crippen LogP contribution in [-0.4, -0.2) is 39.0 Å². The van der Waals surface area contributed by atoms with Gasteiger partial charge in [0.15, 0.2) is 0 Å². The van der Waals surface area contributed by atoms with E-state index in [2.05, 4.69) is 20.6 Å². The Kier molecular flexibility index (Phi) is 5.04. The summed E-state index contributed by atoms with van der Waals surface area (Å²) < 4.78 is 7.21. The zero-order valence-electron chi connectivity index (χ0n) is 15.0. The number of nitrogens with zero attached hydrogens (tertiary/aromatic N) is 3. The lowest BCUT2D eigenvalue weighted by atomic mass is 10.1. The van der Waals surface area contributed by atoms with E-state index in [0.29, 0.717) is 36.0 Å². The number of rotatable bonds is 6. The number of anilines is 1. The van der Waals surface area contributed by atoms with E-state index < -0.39 is 0 Å². The summed E-state index contributed by atoms with van der Waals surface area (Å²) >= 11 is 0. The predicted molar refractivity (Wildman–Crippen MR) is 99.2 cm³/mol. The number of amides is 1. The average molecular weight is 354 g/mol. The van der Waals surface area contributed by atoms with Gasteiger partial charge in [0.2, 0.25) is 0 Å². The van der Waals surface area contributed by atoms with Crippen molar-refractivity contribution in [2.45, 2.75) is 13.8 Å². The summed E-state index contributed by atoms with van der Waals surface area (Å²) in [7, 11) is 1.88. The van der Waals surface area contributed by atoms with Crippen LogP contribution in [0.4, 0.5) is 5.69 Å². The molecular weight excluding hydrogens is 332 g/mol. The maximum Gasteiger partial charge on any atom is 0.273 e. The number of carbonyl (C=O) groups excluding carboxylic acids is 1. The van der Waals surface area contributed by atoms with Crippen LogP contribution in [0, 0.1) is 13.8 Å². The van der Waals surface area contributed by atoms with E-state index in [1.54, 1.807) is 35.0 Å². The van der Waals surface area contributed by atoms with Crippen molar-refractivity contribution in [2.75, 3.05) is 18.5 Å². The molecule has 0 saturated carbocycles. The molecule has 0 unspecified atom stereocenters. The van der Waals surface area contributed by atoms with E-state index >= 15 is 0 Å².